The van der Waals surface area contributed by atoms with Crippen LogP contribution < -0.4 is 0 Å². The second-order valence-electron chi connectivity index (χ2n) is 4.54. The van der Waals surface area contributed by atoms with Crippen molar-refractivity contribution < 1.29 is 4.52 Å². The van der Waals surface area contributed by atoms with E-state index < -0.39 is 0 Å². The molecule has 0 saturated carbocycles. The van der Waals surface area contributed by atoms with Gasteiger partial charge in [-0.25, -0.2) is 4.98 Å². The summed E-state index contributed by atoms with van der Waals surface area (Å²) >= 11 is 5.86. The molecule has 0 amide bonds. The number of benzene rings is 1. The monoisotopic (exact) mass is 275 g/mol. The fourth-order valence-electron chi connectivity index (χ4n) is 2.22. The molecular weight excluding hydrogens is 262 g/mol. The molecule has 3 rings (SSSR count). The first-order chi connectivity index (χ1) is 9.28. The molecule has 19 heavy (non-hydrogen) atoms. The highest BCUT2D eigenvalue weighted by Crippen LogP contribution is 2.20. The van der Waals surface area contributed by atoms with Gasteiger partial charge in [-0.1, -0.05) is 11.2 Å². The first-order valence-corrected chi connectivity index (χ1v) is 6.72. The molecule has 2 heterocycles. The van der Waals surface area contributed by atoms with Crippen molar-refractivity contribution in [2.75, 3.05) is 5.88 Å². The van der Waals surface area contributed by atoms with Gasteiger partial charge >= 0.3 is 0 Å². The molecule has 0 radical (unpaired) electrons. The van der Waals surface area contributed by atoms with Crippen LogP contribution in [0, 0.1) is 6.92 Å². The van der Waals surface area contributed by atoms with Gasteiger partial charge in [0.2, 0.25) is 0 Å². The van der Waals surface area contributed by atoms with Crippen LogP contribution in [0.15, 0.2) is 35.1 Å². The van der Waals surface area contributed by atoms with E-state index in [1.54, 1.807) is 6.26 Å². The Balaban J connectivity index is 2.12. The number of rotatable bonds is 4. The molecule has 3 aromatic rings. The number of nitrogens with zero attached hydrogens (tertiary/aromatic N) is 3. The zero-order valence-corrected chi connectivity index (χ0v) is 11.4. The predicted octanol–water partition coefficient (Wildman–Crippen LogP) is 3.16. The van der Waals surface area contributed by atoms with E-state index >= 15 is 0 Å². The summed E-state index contributed by atoms with van der Waals surface area (Å²) < 4.78 is 7.04. The normalized spacial score (nSPS) is 11.3. The minimum Gasteiger partial charge on any atom is -0.364 e. The second kappa shape index (κ2) is 5.05. The van der Waals surface area contributed by atoms with Gasteiger partial charge in [-0.15, -0.1) is 11.6 Å². The molecule has 0 aliphatic carbocycles. The molecule has 0 unspecified atom stereocenters. The smallest absolute Gasteiger partial charge is 0.124 e. The fourth-order valence-corrected chi connectivity index (χ4v) is 2.38. The maximum absolute atomic E-state index is 5.86. The molecule has 2 aromatic heterocycles. The van der Waals surface area contributed by atoms with E-state index in [-0.39, 0.29) is 0 Å². The van der Waals surface area contributed by atoms with Gasteiger partial charge in [0.05, 0.1) is 17.6 Å². The van der Waals surface area contributed by atoms with Gasteiger partial charge in [0, 0.05) is 18.4 Å². The number of fused-ring (bicyclic) bond motifs is 1. The van der Waals surface area contributed by atoms with Crippen molar-refractivity contribution in [2.24, 2.45) is 0 Å². The van der Waals surface area contributed by atoms with E-state index in [4.69, 9.17) is 16.1 Å². The summed E-state index contributed by atoms with van der Waals surface area (Å²) in [6.45, 7) is 2.73. The quantitative estimate of drug-likeness (QED) is 0.687. The molecular formula is C14H14ClN3O. The second-order valence-corrected chi connectivity index (χ2v) is 4.91. The van der Waals surface area contributed by atoms with Crippen molar-refractivity contribution in [3.63, 3.8) is 0 Å². The van der Waals surface area contributed by atoms with Gasteiger partial charge in [0.15, 0.2) is 0 Å². The molecule has 0 atom stereocenters. The Morgan fingerprint density at radius 1 is 1.32 bits per heavy atom. The Hall–Kier alpha value is -1.81. The Morgan fingerprint density at radius 3 is 2.95 bits per heavy atom. The van der Waals surface area contributed by atoms with Crippen LogP contribution in [0.2, 0.25) is 0 Å². The highest BCUT2D eigenvalue weighted by Gasteiger charge is 2.12. The number of aryl methyl sites for hydroxylation is 2. The molecule has 0 fully saturated rings. The topological polar surface area (TPSA) is 43.9 Å². The van der Waals surface area contributed by atoms with E-state index in [0.717, 1.165) is 29.0 Å². The van der Waals surface area contributed by atoms with Crippen molar-refractivity contribution >= 4 is 22.6 Å². The van der Waals surface area contributed by atoms with Crippen LogP contribution in [-0.4, -0.2) is 20.6 Å². The Kier molecular flexibility index (Phi) is 3.25. The third-order valence-corrected chi connectivity index (χ3v) is 3.30. The Morgan fingerprint density at radius 2 is 2.21 bits per heavy atom. The third-order valence-electron chi connectivity index (χ3n) is 3.11. The summed E-state index contributed by atoms with van der Waals surface area (Å²) in [5.74, 6) is 1.54. The molecule has 5 heteroatoms. The highest BCUT2D eigenvalue weighted by molar-refractivity contribution is 6.17. The largest absolute Gasteiger partial charge is 0.364 e. The number of aromatic nitrogens is 3. The molecule has 0 aliphatic rings. The van der Waals surface area contributed by atoms with Crippen molar-refractivity contribution in [3.8, 4) is 0 Å². The van der Waals surface area contributed by atoms with Crippen LogP contribution in [0.4, 0.5) is 0 Å². The zero-order chi connectivity index (χ0) is 13.2. The zero-order valence-electron chi connectivity index (χ0n) is 10.6. The van der Waals surface area contributed by atoms with E-state index in [9.17, 15) is 0 Å². The Labute approximate surface area is 116 Å². The molecule has 0 bridgehead atoms. The number of halogens is 1. The van der Waals surface area contributed by atoms with Crippen LogP contribution in [0.3, 0.4) is 0 Å². The number of imidazole rings is 1. The molecule has 98 valence electrons. The maximum atomic E-state index is 5.86. The molecule has 4 nitrogen and oxygen atoms in total. The van der Waals surface area contributed by atoms with E-state index in [2.05, 4.69) is 33.8 Å². The van der Waals surface area contributed by atoms with Crippen molar-refractivity contribution in [1.29, 1.82) is 0 Å². The average molecular weight is 276 g/mol. The van der Waals surface area contributed by atoms with Gasteiger partial charge in [0.1, 0.15) is 17.8 Å². The number of hydrogen-bond donors (Lipinski definition) is 0. The SMILES string of the molecule is Cc1ccc2nc(CCCl)n(Cc3ccon3)c2c1. The molecule has 0 aliphatic heterocycles. The van der Waals surface area contributed by atoms with E-state index in [1.165, 1.54) is 5.56 Å². The van der Waals surface area contributed by atoms with Crippen LogP contribution in [-0.2, 0) is 13.0 Å². The summed E-state index contributed by atoms with van der Waals surface area (Å²) in [5.41, 5.74) is 4.21. The van der Waals surface area contributed by atoms with Crippen LogP contribution >= 0.6 is 11.6 Å². The van der Waals surface area contributed by atoms with E-state index in [0.29, 0.717) is 12.4 Å². The lowest BCUT2D eigenvalue weighted by Crippen LogP contribution is -2.06. The van der Waals surface area contributed by atoms with Crippen molar-refractivity contribution in [2.45, 2.75) is 19.9 Å². The summed E-state index contributed by atoms with van der Waals surface area (Å²) in [5, 5.41) is 3.96. The highest BCUT2D eigenvalue weighted by atomic mass is 35.5. The van der Waals surface area contributed by atoms with E-state index in [1.807, 2.05) is 12.1 Å². The van der Waals surface area contributed by atoms with Crippen LogP contribution in [0.25, 0.3) is 11.0 Å². The third kappa shape index (κ3) is 2.36. The van der Waals surface area contributed by atoms with Crippen LogP contribution in [0.5, 0.6) is 0 Å². The van der Waals surface area contributed by atoms with Gasteiger partial charge < -0.3 is 9.09 Å². The number of hydrogen-bond acceptors (Lipinski definition) is 3. The van der Waals surface area contributed by atoms with Gasteiger partial charge in [0.25, 0.3) is 0 Å². The summed E-state index contributed by atoms with van der Waals surface area (Å²) in [7, 11) is 0. The lowest BCUT2D eigenvalue weighted by molar-refractivity contribution is 0.409. The average Bonchev–Trinajstić information content (AvgIpc) is 3.00. The number of alkyl halides is 1. The summed E-state index contributed by atoms with van der Waals surface area (Å²) in [4.78, 5) is 4.64. The van der Waals surface area contributed by atoms with Gasteiger partial charge in [-0.3, -0.25) is 0 Å². The maximum Gasteiger partial charge on any atom is 0.124 e. The van der Waals surface area contributed by atoms with Crippen molar-refractivity contribution in [1.82, 2.24) is 14.7 Å². The predicted molar refractivity (Wildman–Crippen MR) is 74.5 cm³/mol. The summed E-state index contributed by atoms with van der Waals surface area (Å²) in [6, 6.07) is 8.12. The molecule has 0 spiro atoms. The minimum absolute atomic E-state index is 0.557. The lowest BCUT2D eigenvalue weighted by atomic mass is 10.2. The van der Waals surface area contributed by atoms with Gasteiger partial charge in [-0.05, 0) is 24.6 Å². The molecule has 0 N–H and O–H groups in total. The standard InChI is InChI=1S/C14H14ClN3O/c1-10-2-3-12-13(8-10)18(14(16-12)4-6-15)9-11-5-7-19-17-11/h2-3,5,7-8H,4,6,9H2,1H3. The Bertz CT molecular complexity index is 688. The fraction of sp³-hybridized carbons (Fsp3) is 0.286. The first-order valence-electron chi connectivity index (χ1n) is 6.19. The van der Waals surface area contributed by atoms with Crippen molar-refractivity contribution in [3.05, 3.63) is 47.6 Å². The molecule has 1 aromatic carbocycles. The first kappa shape index (κ1) is 12.2. The lowest BCUT2D eigenvalue weighted by Gasteiger charge is -2.06. The minimum atomic E-state index is 0.557. The molecule has 0 saturated heterocycles. The van der Waals surface area contributed by atoms with Crippen LogP contribution in [0.1, 0.15) is 17.1 Å². The summed E-state index contributed by atoms with van der Waals surface area (Å²) in [6.07, 6.45) is 2.33. The van der Waals surface area contributed by atoms with Gasteiger partial charge in [-0.2, -0.15) is 0 Å².